The highest BCUT2D eigenvalue weighted by molar-refractivity contribution is 5.95. The number of hydrogen-bond donors (Lipinski definition) is 1. The van der Waals surface area contributed by atoms with E-state index in [1.807, 2.05) is 30.3 Å². The third-order valence-electron chi connectivity index (χ3n) is 7.82. The van der Waals surface area contributed by atoms with Crippen molar-refractivity contribution in [3.8, 4) is 5.75 Å². The number of para-hydroxylation sites is 1. The summed E-state index contributed by atoms with van der Waals surface area (Å²) in [5, 5.41) is 5.50. The van der Waals surface area contributed by atoms with Gasteiger partial charge in [0.25, 0.3) is 0 Å². The van der Waals surface area contributed by atoms with E-state index < -0.39 is 0 Å². The van der Waals surface area contributed by atoms with Crippen LogP contribution in [0.15, 0.2) is 54.6 Å². The monoisotopic (exact) mass is 539 g/mol. The minimum Gasteiger partial charge on any atom is -0.494 e. The summed E-state index contributed by atoms with van der Waals surface area (Å²) in [6.45, 7) is 5.99. The number of pyridine rings is 1. The number of aromatic nitrogens is 5. The van der Waals surface area contributed by atoms with Crippen molar-refractivity contribution in [1.29, 1.82) is 0 Å². The Morgan fingerprint density at radius 3 is 2.50 bits per heavy atom. The molecule has 10 nitrogen and oxygen atoms in total. The van der Waals surface area contributed by atoms with E-state index in [4.69, 9.17) is 20.4 Å². The molecule has 7 rings (SSSR count). The first-order valence-electron chi connectivity index (χ1n) is 13.5. The quantitative estimate of drug-likeness (QED) is 0.348. The predicted molar refractivity (Wildman–Crippen MR) is 152 cm³/mol. The summed E-state index contributed by atoms with van der Waals surface area (Å²) < 4.78 is 20.3. The van der Waals surface area contributed by atoms with Crippen molar-refractivity contribution in [1.82, 2.24) is 29.5 Å². The zero-order valence-corrected chi connectivity index (χ0v) is 22.3. The molecule has 0 radical (unpaired) electrons. The molecular formula is C29H30FN9O. The number of nitrogen functional groups attached to an aromatic ring is 1. The molecule has 0 saturated carbocycles. The lowest BCUT2D eigenvalue weighted by atomic mass is 10.2. The second-order valence-corrected chi connectivity index (χ2v) is 10.3. The Hall–Kier alpha value is -4.51. The molecule has 5 aromatic rings. The zero-order chi connectivity index (χ0) is 27.2. The molecule has 2 N–H and O–H groups in total. The van der Waals surface area contributed by atoms with E-state index in [-0.39, 0.29) is 11.8 Å². The number of hydrogen-bond acceptors (Lipinski definition) is 9. The fourth-order valence-corrected chi connectivity index (χ4v) is 5.69. The van der Waals surface area contributed by atoms with Gasteiger partial charge in [-0.05, 0) is 48.0 Å². The van der Waals surface area contributed by atoms with Gasteiger partial charge in [-0.1, -0.05) is 12.1 Å². The average Bonchev–Trinajstić information content (AvgIpc) is 3.61. The Bertz CT molecular complexity index is 1700. The number of fused-ring (bicyclic) bond motifs is 4. The molecule has 0 amide bonds. The molecule has 2 aliphatic rings. The number of nitrogens with two attached hydrogens (primary N) is 1. The van der Waals surface area contributed by atoms with E-state index >= 15 is 0 Å². The highest BCUT2D eigenvalue weighted by atomic mass is 19.1. The maximum absolute atomic E-state index is 13.3. The molecule has 0 spiro atoms. The second-order valence-electron chi connectivity index (χ2n) is 10.3. The number of halogens is 1. The van der Waals surface area contributed by atoms with Crippen LogP contribution in [0.5, 0.6) is 5.75 Å². The Morgan fingerprint density at radius 2 is 1.70 bits per heavy atom. The van der Waals surface area contributed by atoms with Crippen LogP contribution in [0, 0.1) is 5.82 Å². The normalized spacial score (nSPS) is 15.8. The summed E-state index contributed by atoms with van der Waals surface area (Å²) in [4.78, 5) is 21.3. The number of benzene rings is 2. The van der Waals surface area contributed by atoms with Gasteiger partial charge in [0.15, 0.2) is 11.5 Å². The van der Waals surface area contributed by atoms with Gasteiger partial charge in [-0.3, -0.25) is 4.90 Å². The summed E-state index contributed by atoms with van der Waals surface area (Å²) >= 11 is 0. The molecule has 0 atom stereocenters. The van der Waals surface area contributed by atoms with Crippen molar-refractivity contribution < 1.29 is 9.13 Å². The van der Waals surface area contributed by atoms with Gasteiger partial charge >= 0.3 is 0 Å². The van der Waals surface area contributed by atoms with E-state index in [2.05, 4.69) is 36.9 Å². The first kappa shape index (κ1) is 24.5. The first-order valence-corrected chi connectivity index (χ1v) is 13.5. The van der Waals surface area contributed by atoms with Crippen molar-refractivity contribution in [3.63, 3.8) is 0 Å². The average molecular weight is 540 g/mol. The minimum atomic E-state index is -0.204. The number of anilines is 3. The number of methoxy groups -OCH3 is 1. The van der Waals surface area contributed by atoms with Crippen molar-refractivity contribution in [2.45, 2.75) is 19.5 Å². The van der Waals surface area contributed by atoms with E-state index in [0.29, 0.717) is 23.3 Å². The molecule has 0 unspecified atom stereocenters. The Morgan fingerprint density at radius 1 is 0.900 bits per heavy atom. The first-order chi connectivity index (χ1) is 19.6. The Balaban J connectivity index is 1.00. The third kappa shape index (κ3) is 4.41. The molecule has 204 valence electrons. The highest BCUT2D eigenvalue weighted by Crippen LogP contribution is 2.28. The highest BCUT2D eigenvalue weighted by Gasteiger charge is 2.24. The molecule has 0 bridgehead atoms. The molecule has 2 aliphatic heterocycles. The van der Waals surface area contributed by atoms with Gasteiger partial charge in [0.2, 0.25) is 5.95 Å². The van der Waals surface area contributed by atoms with Gasteiger partial charge in [0.05, 0.1) is 12.8 Å². The van der Waals surface area contributed by atoms with Gasteiger partial charge in [-0.2, -0.15) is 4.52 Å². The Kier molecular flexibility index (Phi) is 6.07. The lowest BCUT2D eigenvalue weighted by Gasteiger charge is -2.36. The zero-order valence-electron chi connectivity index (χ0n) is 22.3. The third-order valence-corrected chi connectivity index (χ3v) is 7.82. The van der Waals surface area contributed by atoms with Crippen LogP contribution in [-0.2, 0) is 19.5 Å². The van der Waals surface area contributed by atoms with Crippen LogP contribution in [0.4, 0.5) is 21.8 Å². The van der Waals surface area contributed by atoms with E-state index in [0.717, 1.165) is 74.2 Å². The van der Waals surface area contributed by atoms with Crippen LogP contribution >= 0.6 is 0 Å². The summed E-state index contributed by atoms with van der Waals surface area (Å²) in [6.07, 6.45) is 0.693. The summed E-state index contributed by atoms with van der Waals surface area (Å²) in [5.41, 5.74) is 11.0. The second kappa shape index (κ2) is 9.91. The number of rotatable bonds is 6. The van der Waals surface area contributed by atoms with Gasteiger partial charge in [0, 0.05) is 63.3 Å². The minimum absolute atomic E-state index is 0.204. The van der Waals surface area contributed by atoms with Crippen LogP contribution in [-0.4, -0.2) is 69.3 Å². The largest absolute Gasteiger partial charge is 0.494 e. The molecule has 40 heavy (non-hydrogen) atoms. The lowest BCUT2D eigenvalue weighted by molar-refractivity contribution is 0.284. The summed E-state index contributed by atoms with van der Waals surface area (Å²) in [7, 11) is 1.62. The number of nitrogens with zero attached hydrogens (tertiary/aromatic N) is 8. The van der Waals surface area contributed by atoms with Crippen molar-refractivity contribution in [3.05, 3.63) is 77.5 Å². The SMILES string of the molecule is COc1cccc2c1nc(N)n1nc(CCN3Cc4ccc(N5CCN(c6ccc(F)cc6)CC5)nc4C3)nc21. The molecular weight excluding hydrogens is 509 g/mol. The standard InChI is InChI=1S/C29H30FN9O/c1-40-24-4-2-3-22-27(24)34-29(31)39-28(22)33-25(35-39)11-12-36-17-19-5-10-26(32-23(19)18-36)38-15-13-37(14-16-38)21-8-6-20(30)7-9-21/h2-10H,11-18H2,1H3,(H2,31,34). The lowest BCUT2D eigenvalue weighted by Crippen LogP contribution is -2.46. The molecule has 3 aromatic heterocycles. The maximum atomic E-state index is 13.3. The fourth-order valence-electron chi connectivity index (χ4n) is 5.69. The molecule has 2 aromatic carbocycles. The van der Waals surface area contributed by atoms with Crippen LogP contribution in [0.25, 0.3) is 16.6 Å². The number of piperazine rings is 1. The maximum Gasteiger partial charge on any atom is 0.223 e. The van der Waals surface area contributed by atoms with Crippen molar-refractivity contribution >= 4 is 34.0 Å². The van der Waals surface area contributed by atoms with Crippen LogP contribution < -0.4 is 20.3 Å². The van der Waals surface area contributed by atoms with E-state index in [9.17, 15) is 4.39 Å². The fraction of sp³-hybridized carbons (Fsp3) is 0.310. The predicted octanol–water partition coefficient (Wildman–Crippen LogP) is 3.29. The van der Waals surface area contributed by atoms with Gasteiger partial charge in [-0.25, -0.2) is 19.3 Å². The van der Waals surface area contributed by atoms with E-state index in [1.54, 1.807) is 11.6 Å². The Labute approximate surface area is 230 Å². The van der Waals surface area contributed by atoms with Gasteiger partial charge in [-0.15, -0.1) is 5.10 Å². The van der Waals surface area contributed by atoms with Crippen molar-refractivity contribution in [2.75, 3.05) is 55.4 Å². The van der Waals surface area contributed by atoms with Crippen molar-refractivity contribution in [2.24, 2.45) is 0 Å². The topological polar surface area (TPSA) is 101 Å². The van der Waals surface area contributed by atoms with Crippen LogP contribution in [0.1, 0.15) is 17.1 Å². The van der Waals surface area contributed by atoms with Gasteiger partial charge < -0.3 is 20.3 Å². The summed E-state index contributed by atoms with van der Waals surface area (Å²) in [6, 6.07) is 16.8. The van der Waals surface area contributed by atoms with E-state index in [1.165, 1.54) is 17.7 Å². The molecule has 1 fully saturated rings. The molecule has 1 saturated heterocycles. The van der Waals surface area contributed by atoms with Crippen LogP contribution in [0.3, 0.4) is 0 Å². The van der Waals surface area contributed by atoms with Crippen LogP contribution in [0.2, 0.25) is 0 Å². The van der Waals surface area contributed by atoms with Gasteiger partial charge in [0.1, 0.15) is 22.9 Å². The molecule has 0 aliphatic carbocycles. The molecule has 5 heterocycles. The smallest absolute Gasteiger partial charge is 0.223 e. The molecule has 11 heteroatoms. The summed E-state index contributed by atoms with van der Waals surface area (Å²) in [5.74, 6) is 2.49. The number of ether oxygens (including phenoxy) is 1.